The molecule has 3 rings (SSSR count). The molecule has 2 aromatic carbocycles. The summed E-state index contributed by atoms with van der Waals surface area (Å²) in [6.07, 6.45) is 0. The van der Waals surface area contributed by atoms with E-state index in [1.165, 1.54) is 17.0 Å². The number of para-hydroxylation sites is 1. The zero-order valence-corrected chi connectivity index (χ0v) is 13.5. The van der Waals surface area contributed by atoms with Crippen LogP contribution in [0, 0.1) is 5.82 Å². The summed E-state index contributed by atoms with van der Waals surface area (Å²) in [5, 5.41) is 2.92. The van der Waals surface area contributed by atoms with Gasteiger partial charge in [0.2, 0.25) is 5.91 Å². The summed E-state index contributed by atoms with van der Waals surface area (Å²) in [4.78, 5) is 12.8. The Hall–Kier alpha value is -2.45. The fourth-order valence-corrected chi connectivity index (χ4v) is 3.59. The molecule has 0 unspecified atom stereocenters. The summed E-state index contributed by atoms with van der Waals surface area (Å²) in [6, 6.07) is 11.9. The predicted molar refractivity (Wildman–Crippen MR) is 88.9 cm³/mol. The van der Waals surface area contributed by atoms with E-state index in [0.29, 0.717) is 24.5 Å². The molecule has 0 aromatic heterocycles. The van der Waals surface area contributed by atoms with Crippen LogP contribution in [0.3, 0.4) is 0 Å². The quantitative estimate of drug-likeness (QED) is 0.878. The molecule has 24 heavy (non-hydrogen) atoms. The first-order valence-corrected chi connectivity index (χ1v) is 8.84. The second-order valence-corrected chi connectivity index (χ2v) is 6.96. The SMILES string of the molecule is O=C1CNCCN1c1ccc(S(=O)(=O)Nc2ccccc2)c(F)c1. The summed E-state index contributed by atoms with van der Waals surface area (Å²) < 4.78 is 41.3. The van der Waals surface area contributed by atoms with Crippen molar-refractivity contribution in [3.05, 3.63) is 54.3 Å². The largest absolute Gasteiger partial charge is 0.310 e. The van der Waals surface area contributed by atoms with E-state index in [-0.39, 0.29) is 12.5 Å². The van der Waals surface area contributed by atoms with Crippen molar-refractivity contribution in [1.29, 1.82) is 0 Å². The third kappa shape index (κ3) is 3.39. The summed E-state index contributed by atoms with van der Waals surface area (Å²) in [6.45, 7) is 1.19. The van der Waals surface area contributed by atoms with Gasteiger partial charge >= 0.3 is 0 Å². The zero-order valence-electron chi connectivity index (χ0n) is 12.7. The van der Waals surface area contributed by atoms with E-state index in [2.05, 4.69) is 10.0 Å². The first-order valence-electron chi connectivity index (χ1n) is 7.36. The number of piperazine rings is 1. The number of nitrogens with one attached hydrogen (secondary N) is 2. The van der Waals surface area contributed by atoms with Gasteiger partial charge in [-0.15, -0.1) is 0 Å². The van der Waals surface area contributed by atoms with Gasteiger partial charge in [0, 0.05) is 24.5 Å². The van der Waals surface area contributed by atoms with Gasteiger partial charge in [-0.1, -0.05) is 18.2 Å². The fraction of sp³-hybridized carbons (Fsp3) is 0.188. The average molecular weight is 349 g/mol. The maximum Gasteiger partial charge on any atom is 0.264 e. The minimum absolute atomic E-state index is 0.178. The highest BCUT2D eigenvalue weighted by Gasteiger charge is 2.23. The third-order valence-corrected chi connectivity index (χ3v) is 5.05. The van der Waals surface area contributed by atoms with Crippen LogP contribution in [0.2, 0.25) is 0 Å². The van der Waals surface area contributed by atoms with Gasteiger partial charge in [-0.3, -0.25) is 9.52 Å². The number of hydrogen-bond donors (Lipinski definition) is 2. The lowest BCUT2D eigenvalue weighted by atomic mass is 10.2. The van der Waals surface area contributed by atoms with Gasteiger partial charge in [-0.25, -0.2) is 12.8 Å². The summed E-state index contributed by atoms with van der Waals surface area (Å²) >= 11 is 0. The number of nitrogens with zero attached hydrogens (tertiary/aromatic N) is 1. The van der Waals surface area contributed by atoms with Gasteiger partial charge in [0.15, 0.2) is 0 Å². The van der Waals surface area contributed by atoms with Gasteiger partial charge in [-0.05, 0) is 30.3 Å². The van der Waals surface area contributed by atoms with E-state index < -0.39 is 20.7 Å². The zero-order chi connectivity index (χ0) is 17.2. The van der Waals surface area contributed by atoms with Crippen molar-refractivity contribution in [2.75, 3.05) is 29.3 Å². The number of hydrogen-bond acceptors (Lipinski definition) is 4. The predicted octanol–water partition coefficient (Wildman–Crippen LogP) is 1.56. The number of halogens is 1. The highest BCUT2D eigenvalue weighted by Crippen LogP contribution is 2.24. The molecule has 126 valence electrons. The van der Waals surface area contributed by atoms with Crippen LogP contribution in [0.25, 0.3) is 0 Å². The molecule has 0 atom stereocenters. The molecule has 1 amide bonds. The van der Waals surface area contributed by atoms with E-state index in [0.717, 1.165) is 6.07 Å². The molecule has 1 aliphatic heterocycles. The molecule has 6 nitrogen and oxygen atoms in total. The van der Waals surface area contributed by atoms with Crippen LogP contribution in [0.15, 0.2) is 53.4 Å². The van der Waals surface area contributed by atoms with Crippen molar-refractivity contribution < 1.29 is 17.6 Å². The topological polar surface area (TPSA) is 78.5 Å². The second-order valence-electron chi connectivity index (χ2n) is 5.31. The van der Waals surface area contributed by atoms with E-state index >= 15 is 0 Å². The summed E-state index contributed by atoms with van der Waals surface area (Å²) in [5.74, 6) is -1.08. The van der Waals surface area contributed by atoms with Gasteiger partial charge < -0.3 is 10.2 Å². The van der Waals surface area contributed by atoms with Gasteiger partial charge in [0.05, 0.1) is 6.54 Å². The normalized spacial score (nSPS) is 15.4. The van der Waals surface area contributed by atoms with E-state index in [4.69, 9.17) is 0 Å². The lowest BCUT2D eigenvalue weighted by Crippen LogP contribution is -2.48. The van der Waals surface area contributed by atoms with Crippen LogP contribution < -0.4 is 14.9 Å². The van der Waals surface area contributed by atoms with Gasteiger partial charge in [-0.2, -0.15) is 0 Å². The van der Waals surface area contributed by atoms with E-state index in [9.17, 15) is 17.6 Å². The van der Waals surface area contributed by atoms with Gasteiger partial charge in [0.1, 0.15) is 10.7 Å². The first-order chi connectivity index (χ1) is 11.5. The molecule has 0 saturated carbocycles. The number of carbonyl (C=O) groups is 1. The molecule has 0 radical (unpaired) electrons. The lowest BCUT2D eigenvalue weighted by Gasteiger charge is -2.27. The Labute approximate surface area is 139 Å². The molecular formula is C16H16FN3O3S. The van der Waals surface area contributed by atoms with Crippen molar-refractivity contribution in [3.8, 4) is 0 Å². The smallest absolute Gasteiger partial charge is 0.264 e. The molecule has 0 spiro atoms. The molecule has 0 bridgehead atoms. The fourth-order valence-electron chi connectivity index (χ4n) is 2.47. The number of anilines is 2. The minimum Gasteiger partial charge on any atom is -0.310 e. The summed E-state index contributed by atoms with van der Waals surface area (Å²) in [5.41, 5.74) is 0.691. The number of sulfonamides is 1. The van der Waals surface area contributed by atoms with Crippen molar-refractivity contribution in [3.63, 3.8) is 0 Å². The molecule has 1 aliphatic rings. The van der Waals surface area contributed by atoms with E-state index in [1.54, 1.807) is 30.3 Å². The Kier molecular flexibility index (Phi) is 4.50. The van der Waals surface area contributed by atoms with Crippen LogP contribution in [-0.2, 0) is 14.8 Å². The molecule has 1 fully saturated rings. The molecule has 2 N–H and O–H groups in total. The van der Waals surface area contributed by atoms with E-state index in [1.807, 2.05) is 0 Å². The van der Waals surface area contributed by atoms with Crippen molar-refractivity contribution in [2.24, 2.45) is 0 Å². The van der Waals surface area contributed by atoms with Crippen LogP contribution in [0.4, 0.5) is 15.8 Å². The molecule has 2 aromatic rings. The molecule has 8 heteroatoms. The van der Waals surface area contributed by atoms with Crippen molar-refractivity contribution >= 4 is 27.3 Å². The van der Waals surface area contributed by atoms with Crippen molar-refractivity contribution in [1.82, 2.24) is 5.32 Å². The Morgan fingerprint density at radius 2 is 1.88 bits per heavy atom. The van der Waals surface area contributed by atoms with Gasteiger partial charge in [0.25, 0.3) is 10.0 Å². The molecule has 1 heterocycles. The number of benzene rings is 2. The number of amides is 1. The Balaban J connectivity index is 1.88. The number of carbonyl (C=O) groups excluding carboxylic acids is 1. The highest BCUT2D eigenvalue weighted by atomic mass is 32.2. The number of rotatable bonds is 4. The monoisotopic (exact) mass is 349 g/mol. The minimum atomic E-state index is -4.05. The first kappa shape index (κ1) is 16.4. The average Bonchev–Trinajstić information content (AvgIpc) is 2.55. The lowest BCUT2D eigenvalue weighted by molar-refractivity contribution is -0.118. The Bertz CT molecular complexity index is 856. The van der Waals surface area contributed by atoms with Crippen LogP contribution in [0.5, 0.6) is 0 Å². The maximum absolute atomic E-state index is 14.4. The Morgan fingerprint density at radius 1 is 1.12 bits per heavy atom. The molecular weight excluding hydrogens is 333 g/mol. The summed E-state index contributed by atoms with van der Waals surface area (Å²) in [7, 11) is -4.05. The second kappa shape index (κ2) is 6.58. The Morgan fingerprint density at radius 3 is 2.54 bits per heavy atom. The molecule has 1 saturated heterocycles. The molecule has 0 aliphatic carbocycles. The standard InChI is InChI=1S/C16H16FN3O3S/c17-14-10-13(20-9-8-18-11-16(20)21)6-7-15(14)24(22,23)19-12-4-2-1-3-5-12/h1-7,10,18-19H,8-9,11H2. The highest BCUT2D eigenvalue weighted by molar-refractivity contribution is 7.92. The van der Waals surface area contributed by atoms with Crippen LogP contribution >= 0.6 is 0 Å². The van der Waals surface area contributed by atoms with Crippen molar-refractivity contribution in [2.45, 2.75) is 4.90 Å². The maximum atomic E-state index is 14.4. The van der Waals surface area contributed by atoms with Crippen LogP contribution in [-0.4, -0.2) is 34.0 Å². The van der Waals surface area contributed by atoms with Crippen LogP contribution in [0.1, 0.15) is 0 Å². The third-order valence-electron chi connectivity index (χ3n) is 3.63.